The van der Waals surface area contributed by atoms with E-state index in [4.69, 9.17) is 14.6 Å². The van der Waals surface area contributed by atoms with Gasteiger partial charge in [0.1, 0.15) is 17.2 Å². The monoisotopic (exact) mass is 451 g/mol. The molecule has 0 amide bonds. The van der Waals surface area contributed by atoms with Gasteiger partial charge in [0.25, 0.3) is 0 Å². The molecule has 6 rings (SSSR count). The van der Waals surface area contributed by atoms with Crippen LogP contribution < -0.4 is 4.74 Å². The van der Waals surface area contributed by atoms with Gasteiger partial charge < -0.3 is 14.6 Å². The number of aromatic nitrogens is 2. The number of benzene rings is 2. The van der Waals surface area contributed by atoms with E-state index >= 15 is 0 Å². The maximum atomic E-state index is 14.9. The lowest BCUT2D eigenvalue weighted by Gasteiger charge is -2.39. The van der Waals surface area contributed by atoms with Gasteiger partial charge in [-0.3, -0.25) is 4.90 Å². The number of halogens is 1. The van der Waals surface area contributed by atoms with Gasteiger partial charge >= 0.3 is 0 Å². The van der Waals surface area contributed by atoms with Gasteiger partial charge in [-0.1, -0.05) is 6.07 Å². The number of phenolic OH excluding ortho intramolecular Hbond substituents is 1. The second-order valence-corrected chi connectivity index (χ2v) is 9.68. The molecule has 7 heteroatoms. The van der Waals surface area contributed by atoms with Crippen LogP contribution in [-0.4, -0.2) is 52.3 Å². The van der Waals surface area contributed by atoms with Crippen molar-refractivity contribution in [3.63, 3.8) is 0 Å². The van der Waals surface area contributed by atoms with Gasteiger partial charge in [-0.05, 0) is 67.9 Å². The van der Waals surface area contributed by atoms with Gasteiger partial charge in [0.15, 0.2) is 6.23 Å². The molecule has 2 aliphatic heterocycles. The second kappa shape index (κ2) is 7.99. The molecule has 1 aromatic heterocycles. The summed E-state index contributed by atoms with van der Waals surface area (Å²) in [5.41, 5.74) is 3.37. The van der Waals surface area contributed by atoms with E-state index in [0.29, 0.717) is 25.1 Å². The van der Waals surface area contributed by atoms with Crippen LogP contribution in [0.1, 0.15) is 61.1 Å². The molecule has 2 fully saturated rings. The molecule has 3 aromatic rings. The van der Waals surface area contributed by atoms with E-state index in [-0.39, 0.29) is 18.0 Å². The normalized spacial score (nSPS) is 24.5. The Hall–Kier alpha value is -2.64. The zero-order valence-electron chi connectivity index (χ0n) is 19.0. The molecule has 3 aliphatic rings. The average molecular weight is 452 g/mol. The zero-order valence-corrected chi connectivity index (χ0v) is 19.0. The molecule has 2 atom stereocenters. The Morgan fingerprint density at radius 1 is 1.21 bits per heavy atom. The van der Waals surface area contributed by atoms with Crippen LogP contribution >= 0.6 is 0 Å². The van der Waals surface area contributed by atoms with Crippen molar-refractivity contribution in [2.45, 2.75) is 56.5 Å². The minimum atomic E-state index is -1.09. The van der Waals surface area contributed by atoms with Crippen molar-refractivity contribution < 1.29 is 19.0 Å². The first-order valence-electron chi connectivity index (χ1n) is 12.0. The van der Waals surface area contributed by atoms with E-state index in [0.717, 1.165) is 60.9 Å². The minimum absolute atomic E-state index is 0.0105. The standard InChI is InChI=1S/C26H30FN3O3/c1-32-23-14-17(31)5-6-20(23)25-19-7-8-22-21(15-28-30(22)24-4-2-3-13-33-24)18(19)9-12-29(25)16-26(27)10-11-26/h5-8,14-15,24-25,31H,2-4,9-13,16H2,1H3. The van der Waals surface area contributed by atoms with Crippen molar-refractivity contribution in [2.24, 2.45) is 0 Å². The Labute approximate surface area is 192 Å². The van der Waals surface area contributed by atoms with Gasteiger partial charge in [-0.15, -0.1) is 0 Å². The maximum Gasteiger partial charge on any atom is 0.150 e. The van der Waals surface area contributed by atoms with E-state index in [2.05, 4.69) is 17.0 Å². The maximum absolute atomic E-state index is 14.9. The summed E-state index contributed by atoms with van der Waals surface area (Å²) in [4.78, 5) is 2.24. The molecular weight excluding hydrogens is 421 g/mol. The molecular formula is C26H30FN3O3. The molecule has 1 saturated carbocycles. The number of fused-ring (bicyclic) bond motifs is 3. The van der Waals surface area contributed by atoms with Gasteiger partial charge in [0, 0.05) is 36.7 Å². The summed E-state index contributed by atoms with van der Waals surface area (Å²) >= 11 is 0. The molecule has 0 spiro atoms. The van der Waals surface area contributed by atoms with Gasteiger partial charge in [-0.25, -0.2) is 9.07 Å². The highest BCUT2D eigenvalue weighted by molar-refractivity contribution is 5.84. The number of ether oxygens (including phenoxy) is 2. The molecule has 3 heterocycles. The number of phenols is 1. The van der Waals surface area contributed by atoms with Gasteiger partial charge in [-0.2, -0.15) is 5.10 Å². The number of rotatable bonds is 5. The van der Waals surface area contributed by atoms with Crippen molar-refractivity contribution in [1.82, 2.24) is 14.7 Å². The van der Waals surface area contributed by atoms with E-state index in [1.165, 1.54) is 5.56 Å². The molecule has 1 N–H and O–H groups in total. The molecule has 2 unspecified atom stereocenters. The predicted molar refractivity (Wildman–Crippen MR) is 123 cm³/mol. The van der Waals surface area contributed by atoms with Crippen molar-refractivity contribution >= 4 is 10.9 Å². The first-order valence-corrected chi connectivity index (χ1v) is 12.0. The SMILES string of the molecule is COc1cc(O)ccc1C1c2ccc3c(cnn3C3CCCCO3)c2CCN1CC1(F)CC1. The van der Waals surface area contributed by atoms with E-state index < -0.39 is 5.67 Å². The molecule has 0 radical (unpaired) electrons. The Kier molecular flexibility index (Phi) is 5.07. The number of aromatic hydroxyl groups is 1. The molecule has 1 aliphatic carbocycles. The zero-order chi connectivity index (χ0) is 22.6. The van der Waals surface area contributed by atoms with Crippen molar-refractivity contribution in [2.75, 3.05) is 26.8 Å². The average Bonchev–Trinajstić information content (AvgIpc) is 3.39. The highest BCUT2D eigenvalue weighted by Gasteiger charge is 2.47. The molecule has 2 aromatic carbocycles. The highest BCUT2D eigenvalue weighted by Crippen LogP contribution is 2.47. The lowest BCUT2D eigenvalue weighted by atomic mass is 9.85. The fourth-order valence-corrected chi connectivity index (χ4v) is 5.58. The van der Waals surface area contributed by atoms with Gasteiger partial charge in [0.05, 0.1) is 24.9 Å². The van der Waals surface area contributed by atoms with E-state index in [1.807, 2.05) is 16.9 Å². The summed E-state index contributed by atoms with van der Waals surface area (Å²) in [5, 5.41) is 15.9. The summed E-state index contributed by atoms with van der Waals surface area (Å²) in [7, 11) is 1.61. The molecule has 6 nitrogen and oxygen atoms in total. The van der Waals surface area contributed by atoms with Crippen LogP contribution in [0.4, 0.5) is 4.39 Å². The van der Waals surface area contributed by atoms with Crippen molar-refractivity contribution in [3.8, 4) is 11.5 Å². The van der Waals surface area contributed by atoms with Crippen molar-refractivity contribution in [1.29, 1.82) is 0 Å². The number of nitrogens with zero attached hydrogens (tertiary/aromatic N) is 3. The first-order chi connectivity index (χ1) is 16.1. The fraction of sp³-hybridized carbons (Fsp3) is 0.500. The van der Waals surface area contributed by atoms with Crippen LogP contribution in [0, 0.1) is 0 Å². The van der Waals surface area contributed by atoms with Crippen LogP contribution in [0.2, 0.25) is 0 Å². The number of hydrogen-bond donors (Lipinski definition) is 1. The highest BCUT2D eigenvalue weighted by atomic mass is 19.1. The van der Waals surface area contributed by atoms with Gasteiger partial charge in [0.2, 0.25) is 0 Å². The Morgan fingerprint density at radius 2 is 2.06 bits per heavy atom. The Bertz CT molecular complexity index is 1180. The summed E-state index contributed by atoms with van der Waals surface area (Å²) in [6, 6.07) is 9.38. The van der Waals surface area contributed by atoms with Crippen LogP contribution in [0.5, 0.6) is 11.5 Å². The molecule has 0 bridgehead atoms. The first kappa shape index (κ1) is 20.9. The number of methoxy groups -OCH3 is 1. The lowest BCUT2D eigenvalue weighted by molar-refractivity contribution is -0.0366. The third-order valence-electron chi connectivity index (χ3n) is 7.46. The smallest absolute Gasteiger partial charge is 0.150 e. The fourth-order valence-electron chi connectivity index (χ4n) is 5.58. The summed E-state index contributed by atoms with van der Waals surface area (Å²) in [6.45, 7) is 1.95. The van der Waals surface area contributed by atoms with Crippen LogP contribution in [0.15, 0.2) is 36.5 Å². The summed E-state index contributed by atoms with van der Waals surface area (Å²) < 4.78 is 28.6. The summed E-state index contributed by atoms with van der Waals surface area (Å²) in [5.74, 6) is 0.777. The quantitative estimate of drug-likeness (QED) is 0.598. The second-order valence-electron chi connectivity index (χ2n) is 9.68. The third-order valence-corrected chi connectivity index (χ3v) is 7.46. The third kappa shape index (κ3) is 3.67. The van der Waals surface area contributed by atoms with E-state index in [9.17, 15) is 9.50 Å². The van der Waals surface area contributed by atoms with Crippen LogP contribution in [0.3, 0.4) is 0 Å². The predicted octanol–water partition coefficient (Wildman–Crippen LogP) is 4.90. The van der Waals surface area contributed by atoms with Crippen molar-refractivity contribution in [3.05, 3.63) is 53.2 Å². The Balaban J connectivity index is 1.46. The topological polar surface area (TPSA) is 59.8 Å². The molecule has 1 saturated heterocycles. The van der Waals surface area contributed by atoms with E-state index in [1.54, 1.807) is 19.2 Å². The summed E-state index contributed by atoms with van der Waals surface area (Å²) in [6.07, 6.45) is 7.29. The van der Waals surface area contributed by atoms with Crippen LogP contribution in [-0.2, 0) is 11.2 Å². The molecule has 174 valence electrons. The lowest BCUT2D eigenvalue weighted by Crippen LogP contribution is -2.40. The largest absolute Gasteiger partial charge is 0.508 e. The number of hydrogen-bond acceptors (Lipinski definition) is 5. The van der Waals surface area contributed by atoms with Crippen LogP contribution in [0.25, 0.3) is 10.9 Å². The minimum Gasteiger partial charge on any atom is -0.508 e. The Morgan fingerprint density at radius 3 is 2.82 bits per heavy atom. The number of alkyl halides is 1. The molecule has 33 heavy (non-hydrogen) atoms.